The minimum absolute atomic E-state index is 0. The van der Waals surface area contributed by atoms with Crippen LogP contribution < -0.4 is 20.5 Å². The van der Waals surface area contributed by atoms with Crippen LogP contribution in [0.2, 0.25) is 0 Å². The maximum Gasteiger partial charge on any atom is 0.238 e. The first-order chi connectivity index (χ1) is 12.9. The lowest BCUT2D eigenvalue weighted by Gasteiger charge is -2.12. The Kier molecular flexibility index (Phi) is 10.3. The van der Waals surface area contributed by atoms with Crippen LogP contribution >= 0.6 is 24.0 Å². The summed E-state index contributed by atoms with van der Waals surface area (Å²) in [5.41, 5.74) is 1.97. The maximum absolute atomic E-state index is 11.5. The van der Waals surface area contributed by atoms with Gasteiger partial charge in [-0.25, -0.2) is 18.5 Å². The van der Waals surface area contributed by atoms with E-state index in [2.05, 4.69) is 15.6 Å². The zero-order valence-corrected chi connectivity index (χ0v) is 19.2. The number of guanidine groups is 1. The monoisotopic (exact) mass is 518 g/mol. The van der Waals surface area contributed by atoms with Crippen LogP contribution in [0.1, 0.15) is 18.1 Å². The Labute approximate surface area is 183 Å². The summed E-state index contributed by atoms with van der Waals surface area (Å²) in [5, 5.41) is 11.6. The molecule has 0 aliphatic carbocycles. The molecule has 7 nitrogen and oxygen atoms in total. The molecular formula is C19H27IN4O3S. The third-order valence-electron chi connectivity index (χ3n) is 3.86. The summed E-state index contributed by atoms with van der Waals surface area (Å²) in [7, 11) is -2.07. The van der Waals surface area contributed by atoms with E-state index in [9.17, 15) is 8.42 Å². The fourth-order valence-electron chi connectivity index (χ4n) is 2.45. The quantitative estimate of drug-likeness (QED) is 0.283. The van der Waals surface area contributed by atoms with E-state index in [4.69, 9.17) is 9.88 Å². The summed E-state index contributed by atoms with van der Waals surface area (Å²) >= 11 is 0. The van der Waals surface area contributed by atoms with Crippen molar-refractivity contribution in [2.75, 3.05) is 20.2 Å². The van der Waals surface area contributed by atoms with Gasteiger partial charge in [0.05, 0.1) is 18.6 Å². The van der Waals surface area contributed by atoms with Crippen molar-refractivity contribution in [2.24, 2.45) is 10.1 Å². The number of methoxy groups -OCH3 is 1. The Hall–Kier alpha value is -1.85. The molecule has 0 unspecified atom stereocenters. The number of aliphatic imine (C=N–C) groups is 1. The van der Waals surface area contributed by atoms with Crippen molar-refractivity contribution in [2.45, 2.75) is 24.8 Å². The molecule has 4 N–H and O–H groups in total. The number of hydrogen-bond acceptors (Lipinski definition) is 4. The predicted molar refractivity (Wildman–Crippen MR) is 123 cm³/mol. The topological polar surface area (TPSA) is 106 Å². The highest BCUT2D eigenvalue weighted by Crippen LogP contribution is 2.12. The minimum atomic E-state index is -3.71. The van der Waals surface area contributed by atoms with E-state index in [-0.39, 0.29) is 28.9 Å². The van der Waals surface area contributed by atoms with Crippen molar-refractivity contribution in [3.63, 3.8) is 0 Å². The van der Waals surface area contributed by atoms with E-state index in [1.807, 2.05) is 37.3 Å². The first-order valence-corrected chi connectivity index (χ1v) is 10.2. The van der Waals surface area contributed by atoms with Gasteiger partial charge in [-0.15, -0.1) is 24.0 Å². The Morgan fingerprint density at radius 2 is 1.82 bits per heavy atom. The van der Waals surface area contributed by atoms with Crippen molar-refractivity contribution >= 4 is 40.0 Å². The number of benzene rings is 2. The molecule has 0 aliphatic heterocycles. The van der Waals surface area contributed by atoms with Gasteiger partial charge in [-0.1, -0.05) is 24.3 Å². The molecule has 9 heteroatoms. The van der Waals surface area contributed by atoms with Gasteiger partial charge in [-0.05, 0) is 48.7 Å². The Balaban J connectivity index is 0.00000392. The first kappa shape index (κ1) is 24.2. The molecule has 0 amide bonds. The number of sulfonamides is 1. The van der Waals surface area contributed by atoms with E-state index < -0.39 is 10.0 Å². The summed E-state index contributed by atoms with van der Waals surface area (Å²) in [5.74, 6) is 1.51. The third-order valence-corrected chi connectivity index (χ3v) is 4.77. The first-order valence-electron chi connectivity index (χ1n) is 8.69. The number of primary sulfonamides is 1. The van der Waals surface area contributed by atoms with E-state index in [1.54, 1.807) is 19.2 Å². The van der Waals surface area contributed by atoms with Crippen LogP contribution in [0.4, 0.5) is 0 Å². The van der Waals surface area contributed by atoms with Crippen molar-refractivity contribution < 1.29 is 13.2 Å². The molecular weight excluding hydrogens is 491 g/mol. The van der Waals surface area contributed by atoms with Gasteiger partial charge in [0.1, 0.15) is 5.75 Å². The molecule has 154 valence electrons. The molecule has 28 heavy (non-hydrogen) atoms. The average Bonchev–Trinajstić information content (AvgIpc) is 2.66. The number of rotatable bonds is 8. The van der Waals surface area contributed by atoms with E-state index in [1.165, 1.54) is 11.6 Å². The van der Waals surface area contributed by atoms with E-state index in [0.29, 0.717) is 12.5 Å². The van der Waals surface area contributed by atoms with Crippen molar-refractivity contribution in [1.29, 1.82) is 0 Å². The fraction of sp³-hybridized carbons (Fsp3) is 0.316. The molecule has 0 heterocycles. The van der Waals surface area contributed by atoms with Gasteiger partial charge >= 0.3 is 0 Å². The molecule has 0 aliphatic rings. The van der Waals surface area contributed by atoms with Crippen LogP contribution in [-0.2, 0) is 23.0 Å². The summed E-state index contributed by atoms with van der Waals surface area (Å²) < 4.78 is 28.1. The highest BCUT2D eigenvalue weighted by atomic mass is 127. The zero-order chi connectivity index (χ0) is 19.7. The molecule has 0 saturated heterocycles. The van der Waals surface area contributed by atoms with E-state index in [0.717, 1.165) is 30.8 Å². The normalized spacial score (nSPS) is 11.5. The second kappa shape index (κ2) is 11.9. The molecule has 0 fully saturated rings. The number of hydrogen-bond donors (Lipinski definition) is 3. The van der Waals surface area contributed by atoms with Crippen molar-refractivity contribution in [1.82, 2.24) is 10.6 Å². The Morgan fingerprint density at radius 3 is 2.43 bits per heavy atom. The predicted octanol–water partition coefficient (Wildman–Crippen LogP) is 2.26. The third kappa shape index (κ3) is 8.03. The number of ether oxygens (including phenoxy) is 1. The largest absolute Gasteiger partial charge is 0.497 e. The number of halogens is 1. The maximum atomic E-state index is 11.5. The van der Waals surface area contributed by atoms with E-state index >= 15 is 0 Å². The molecule has 2 aromatic carbocycles. The SMILES string of the molecule is CCNC(=NCc1cccc(S(N)(=O)=O)c1)NCCc1ccc(OC)cc1.I. The Morgan fingerprint density at radius 1 is 1.11 bits per heavy atom. The molecule has 2 aromatic rings. The molecule has 0 bridgehead atoms. The number of nitrogens with zero attached hydrogens (tertiary/aromatic N) is 1. The Bertz CT molecular complexity index is 871. The smallest absolute Gasteiger partial charge is 0.238 e. The van der Waals surface area contributed by atoms with Gasteiger partial charge in [0, 0.05) is 13.1 Å². The molecule has 0 aromatic heterocycles. The fourth-order valence-corrected chi connectivity index (χ4v) is 3.03. The summed E-state index contributed by atoms with van der Waals surface area (Å²) in [6, 6.07) is 14.4. The van der Waals surface area contributed by atoms with Crippen LogP contribution in [0.3, 0.4) is 0 Å². The molecule has 0 atom stereocenters. The van der Waals surface area contributed by atoms with Crippen LogP contribution in [-0.4, -0.2) is 34.6 Å². The van der Waals surface area contributed by atoms with Gasteiger partial charge in [0.2, 0.25) is 10.0 Å². The second-order valence-electron chi connectivity index (χ2n) is 5.91. The van der Waals surface area contributed by atoms with Gasteiger partial charge < -0.3 is 15.4 Å². The van der Waals surface area contributed by atoms with Gasteiger partial charge in [0.25, 0.3) is 0 Å². The van der Waals surface area contributed by atoms with Crippen molar-refractivity contribution in [3.8, 4) is 5.75 Å². The van der Waals surface area contributed by atoms with Gasteiger partial charge in [-0.3, -0.25) is 0 Å². The summed E-state index contributed by atoms with van der Waals surface area (Å²) in [4.78, 5) is 4.59. The average molecular weight is 518 g/mol. The molecule has 2 rings (SSSR count). The number of nitrogens with one attached hydrogen (secondary N) is 2. The lowest BCUT2D eigenvalue weighted by atomic mass is 10.1. The molecule has 0 spiro atoms. The van der Waals surface area contributed by atoms with Gasteiger partial charge in [0.15, 0.2) is 5.96 Å². The van der Waals surface area contributed by atoms with Crippen LogP contribution in [0.15, 0.2) is 58.4 Å². The summed E-state index contributed by atoms with van der Waals surface area (Å²) in [6.45, 7) is 3.78. The van der Waals surface area contributed by atoms with Crippen LogP contribution in [0.5, 0.6) is 5.75 Å². The van der Waals surface area contributed by atoms with Gasteiger partial charge in [-0.2, -0.15) is 0 Å². The zero-order valence-electron chi connectivity index (χ0n) is 16.0. The number of nitrogens with two attached hydrogens (primary N) is 1. The standard InChI is InChI=1S/C19H26N4O3S.HI/c1-3-21-19(22-12-11-15-7-9-17(26-2)10-8-15)23-14-16-5-4-6-18(13-16)27(20,24)25;/h4-10,13H,3,11-12,14H2,1-2H3,(H2,20,24,25)(H2,21,22,23);1H. The molecule has 0 saturated carbocycles. The summed E-state index contributed by atoms with van der Waals surface area (Å²) in [6.07, 6.45) is 0.843. The minimum Gasteiger partial charge on any atom is -0.497 e. The molecule has 0 radical (unpaired) electrons. The van der Waals surface area contributed by atoms with Crippen LogP contribution in [0, 0.1) is 0 Å². The second-order valence-corrected chi connectivity index (χ2v) is 7.47. The van der Waals surface area contributed by atoms with Crippen molar-refractivity contribution in [3.05, 3.63) is 59.7 Å². The highest BCUT2D eigenvalue weighted by Gasteiger charge is 2.07. The highest BCUT2D eigenvalue weighted by molar-refractivity contribution is 14.0. The van der Waals surface area contributed by atoms with Crippen LogP contribution in [0.25, 0.3) is 0 Å². The lowest BCUT2D eigenvalue weighted by molar-refractivity contribution is 0.414. The lowest BCUT2D eigenvalue weighted by Crippen LogP contribution is -2.38.